The van der Waals surface area contributed by atoms with Crippen LogP contribution in [0, 0.1) is 0 Å². The highest BCUT2D eigenvalue weighted by Crippen LogP contribution is 2.14. The van der Waals surface area contributed by atoms with E-state index in [-0.39, 0.29) is 0 Å². The van der Waals surface area contributed by atoms with Gasteiger partial charge in [0.25, 0.3) is 5.97 Å². The molecule has 0 N–H and O–H groups in total. The first-order valence-electron chi connectivity index (χ1n) is 2.90. The maximum absolute atomic E-state index is 5.08. The van der Waals surface area contributed by atoms with E-state index in [0.29, 0.717) is 16.9 Å². The van der Waals surface area contributed by atoms with Gasteiger partial charge in [0.15, 0.2) is 10.5 Å². The molecule has 0 heterocycles. The van der Waals surface area contributed by atoms with Gasteiger partial charge in [-0.15, -0.1) is 0 Å². The third-order valence-corrected chi connectivity index (χ3v) is 1.99. The highest BCUT2D eigenvalue weighted by atomic mass is 28.2. The molecule has 0 saturated heterocycles. The van der Waals surface area contributed by atoms with Crippen LogP contribution in [0.2, 0.25) is 0 Å². The third-order valence-electron chi connectivity index (χ3n) is 1.37. The Bertz CT molecular complexity index is 55.1. The topological polar surface area (TPSA) is 27.7 Å². The van der Waals surface area contributed by atoms with Crippen molar-refractivity contribution in [3.8, 4) is 0 Å². The van der Waals surface area contributed by atoms with E-state index >= 15 is 0 Å². The van der Waals surface area contributed by atoms with Gasteiger partial charge in [-0.05, 0) is 0 Å². The lowest BCUT2D eigenvalue weighted by atomic mass is 10.4. The van der Waals surface area contributed by atoms with Gasteiger partial charge < -0.3 is 13.9 Å². The van der Waals surface area contributed by atoms with E-state index in [4.69, 9.17) is 13.9 Å². The van der Waals surface area contributed by atoms with Crippen molar-refractivity contribution in [1.82, 2.24) is 0 Å². The molecule has 0 bridgehead atoms. The van der Waals surface area contributed by atoms with Crippen molar-refractivity contribution < 1.29 is 13.9 Å². The molecule has 0 spiro atoms. The normalized spacial score (nSPS) is 12.3. The zero-order valence-electron chi connectivity index (χ0n) is 6.43. The van der Waals surface area contributed by atoms with E-state index < -0.39 is 5.97 Å². The molecular weight excluding hydrogens is 136 g/mol. The fourth-order valence-corrected chi connectivity index (χ4v) is 1.31. The predicted octanol–water partition coefficient (Wildman–Crippen LogP) is -0.360. The lowest BCUT2D eigenvalue weighted by molar-refractivity contribution is -0.322. The van der Waals surface area contributed by atoms with Gasteiger partial charge in [-0.25, -0.2) is 0 Å². The number of hydrogen-bond acceptors (Lipinski definition) is 3. The average Bonchev–Trinajstić information content (AvgIpc) is 1.95. The molecule has 3 nitrogen and oxygen atoms in total. The standard InChI is InChI=1S/C5H14O3Si/c1-4-5(6-2,7-3)8-9/h4H2,1-3,9H3. The predicted molar refractivity (Wildman–Crippen MR) is 38.1 cm³/mol. The largest absolute Gasteiger partial charge is 0.380 e. The van der Waals surface area contributed by atoms with Gasteiger partial charge in [-0.3, -0.25) is 0 Å². The zero-order valence-corrected chi connectivity index (χ0v) is 8.43. The first-order chi connectivity index (χ1) is 4.24. The summed E-state index contributed by atoms with van der Waals surface area (Å²) in [5, 5.41) is 0. The smallest absolute Gasteiger partial charge is 0.271 e. The molecule has 0 aliphatic heterocycles. The number of rotatable bonds is 4. The highest BCUT2D eigenvalue weighted by Gasteiger charge is 2.25. The van der Waals surface area contributed by atoms with Gasteiger partial charge in [0.2, 0.25) is 0 Å². The minimum Gasteiger partial charge on any atom is -0.380 e. The molecule has 56 valence electrons. The second kappa shape index (κ2) is 4.00. The Morgan fingerprint density at radius 3 is 1.78 bits per heavy atom. The van der Waals surface area contributed by atoms with E-state index in [0.717, 1.165) is 0 Å². The van der Waals surface area contributed by atoms with Gasteiger partial charge in [0, 0.05) is 20.6 Å². The molecule has 0 unspecified atom stereocenters. The van der Waals surface area contributed by atoms with Crippen molar-refractivity contribution in [2.45, 2.75) is 19.3 Å². The molecule has 0 radical (unpaired) electrons. The Morgan fingerprint density at radius 1 is 1.33 bits per heavy atom. The van der Waals surface area contributed by atoms with Gasteiger partial charge in [-0.1, -0.05) is 6.92 Å². The minimum atomic E-state index is -0.772. The number of methoxy groups -OCH3 is 2. The van der Waals surface area contributed by atoms with E-state index in [1.54, 1.807) is 14.2 Å². The van der Waals surface area contributed by atoms with E-state index in [9.17, 15) is 0 Å². The molecule has 0 aliphatic rings. The Balaban J connectivity index is 3.82. The van der Waals surface area contributed by atoms with Crippen molar-refractivity contribution in [3.05, 3.63) is 0 Å². The number of hydrogen-bond donors (Lipinski definition) is 0. The van der Waals surface area contributed by atoms with E-state index in [1.807, 2.05) is 6.92 Å². The number of ether oxygens (including phenoxy) is 2. The van der Waals surface area contributed by atoms with E-state index in [2.05, 4.69) is 0 Å². The molecule has 4 heteroatoms. The van der Waals surface area contributed by atoms with Crippen molar-refractivity contribution >= 4 is 10.5 Å². The van der Waals surface area contributed by atoms with Crippen molar-refractivity contribution in [2.75, 3.05) is 14.2 Å². The molecular formula is C5H14O3Si. The van der Waals surface area contributed by atoms with Crippen LogP contribution in [0.5, 0.6) is 0 Å². The van der Waals surface area contributed by atoms with Gasteiger partial charge >= 0.3 is 0 Å². The Kier molecular flexibility index (Phi) is 4.04. The lowest BCUT2D eigenvalue weighted by Gasteiger charge is -2.27. The van der Waals surface area contributed by atoms with Crippen molar-refractivity contribution in [1.29, 1.82) is 0 Å². The van der Waals surface area contributed by atoms with Crippen LogP contribution < -0.4 is 0 Å². The first-order valence-corrected chi connectivity index (χ1v) is 3.71. The molecule has 0 aromatic rings. The van der Waals surface area contributed by atoms with E-state index in [1.165, 1.54) is 0 Å². The molecule has 9 heavy (non-hydrogen) atoms. The Hall–Kier alpha value is 0.0969. The Morgan fingerprint density at radius 2 is 1.78 bits per heavy atom. The van der Waals surface area contributed by atoms with Crippen LogP contribution in [0.4, 0.5) is 0 Å². The van der Waals surface area contributed by atoms with Crippen molar-refractivity contribution in [2.24, 2.45) is 0 Å². The Labute approximate surface area is 58.8 Å². The fraction of sp³-hybridized carbons (Fsp3) is 1.00. The van der Waals surface area contributed by atoms with Crippen LogP contribution in [0.25, 0.3) is 0 Å². The molecule has 0 aliphatic carbocycles. The monoisotopic (exact) mass is 150 g/mol. The molecule has 0 aromatic carbocycles. The van der Waals surface area contributed by atoms with Crippen LogP contribution in [0.3, 0.4) is 0 Å². The maximum atomic E-state index is 5.08. The summed E-state index contributed by atoms with van der Waals surface area (Å²) in [5.74, 6) is -0.772. The molecule has 0 fully saturated rings. The fourth-order valence-electron chi connectivity index (χ4n) is 0.683. The second-order valence-electron chi connectivity index (χ2n) is 1.65. The lowest BCUT2D eigenvalue weighted by Crippen LogP contribution is -2.35. The molecule has 0 saturated carbocycles. The first kappa shape index (κ1) is 9.10. The molecule has 0 amide bonds. The molecule has 0 rings (SSSR count). The van der Waals surface area contributed by atoms with Crippen LogP contribution in [-0.2, 0) is 13.9 Å². The summed E-state index contributed by atoms with van der Waals surface area (Å²) in [6.45, 7) is 1.95. The summed E-state index contributed by atoms with van der Waals surface area (Å²) >= 11 is 0. The SMILES string of the molecule is CCC(OC)(OC)O[SiH3]. The summed E-state index contributed by atoms with van der Waals surface area (Å²) in [6.07, 6.45) is 0.712. The highest BCUT2D eigenvalue weighted by molar-refractivity contribution is 5.98. The summed E-state index contributed by atoms with van der Waals surface area (Å²) in [5.41, 5.74) is 0. The third kappa shape index (κ3) is 2.06. The van der Waals surface area contributed by atoms with Gasteiger partial charge in [-0.2, -0.15) is 0 Å². The van der Waals surface area contributed by atoms with Crippen LogP contribution in [-0.4, -0.2) is 30.7 Å². The van der Waals surface area contributed by atoms with Crippen LogP contribution in [0.15, 0.2) is 0 Å². The minimum absolute atomic E-state index is 0.625. The van der Waals surface area contributed by atoms with Crippen LogP contribution in [0.1, 0.15) is 13.3 Å². The molecule has 0 aromatic heterocycles. The second-order valence-corrected chi connectivity index (χ2v) is 2.06. The maximum Gasteiger partial charge on any atom is 0.271 e. The molecule has 0 atom stereocenters. The summed E-state index contributed by atoms with van der Waals surface area (Å²) in [7, 11) is 3.77. The van der Waals surface area contributed by atoms with Gasteiger partial charge in [0.05, 0.1) is 0 Å². The van der Waals surface area contributed by atoms with Crippen LogP contribution >= 0.6 is 0 Å². The average molecular weight is 150 g/mol. The zero-order chi connectivity index (χ0) is 7.33. The quantitative estimate of drug-likeness (QED) is 0.404. The summed E-state index contributed by atoms with van der Waals surface area (Å²) < 4.78 is 15.0. The van der Waals surface area contributed by atoms with Crippen molar-refractivity contribution in [3.63, 3.8) is 0 Å². The summed E-state index contributed by atoms with van der Waals surface area (Å²) in [4.78, 5) is 0. The summed E-state index contributed by atoms with van der Waals surface area (Å²) in [6, 6.07) is 0. The van der Waals surface area contributed by atoms with Gasteiger partial charge in [0.1, 0.15) is 0 Å².